The van der Waals surface area contributed by atoms with Crippen molar-refractivity contribution in [3.8, 4) is 0 Å². The number of nitrogens with zero attached hydrogens (tertiary/aromatic N) is 3. The number of likely N-dealkylation sites (tertiary alicyclic amines) is 1. The van der Waals surface area contributed by atoms with E-state index >= 15 is 0 Å². The second-order valence-electron chi connectivity index (χ2n) is 6.21. The van der Waals surface area contributed by atoms with E-state index in [0.717, 1.165) is 41.9 Å². The van der Waals surface area contributed by atoms with Gasteiger partial charge in [0, 0.05) is 19.6 Å². The topological polar surface area (TPSA) is 58.1 Å². The second kappa shape index (κ2) is 9.20. The van der Waals surface area contributed by atoms with Crippen LogP contribution in [-0.4, -0.2) is 39.3 Å². The number of carbonyl (C=O) groups excluding carboxylic acids is 1. The quantitative estimate of drug-likeness (QED) is 0.771. The number of rotatable bonds is 6. The Kier molecular flexibility index (Phi) is 6.69. The summed E-state index contributed by atoms with van der Waals surface area (Å²) in [4.78, 5) is 14.6. The van der Waals surface area contributed by atoms with Gasteiger partial charge in [-0.1, -0.05) is 66.3 Å². The lowest BCUT2D eigenvalue weighted by atomic mass is 10.2. The average Bonchev–Trinajstić information content (AvgIpc) is 2.91. The first kappa shape index (κ1) is 18.2. The van der Waals surface area contributed by atoms with Crippen LogP contribution in [0.5, 0.6) is 0 Å². The first-order valence-corrected chi connectivity index (χ1v) is 10.5. The molecule has 1 aliphatic heterocycles. The molecular formula is C18H24N4OS2. The highest BCUT2D eigenvalue weighted by molar-refractivity contribution is 8.02. The summed E-state index contributed by atoms with van der Waals surface area (Å²) >= 11 is 3.02. The Balaban J connectivity index is 1.50. The molecule has 2 heterocycles. The molecule has 1 unspecified atom stereocenters. The Morgan fingerprint density at radius 3 is 2.64 bits per heavy atom. The highest BCUT2D eigenvalue weighted by atomic mass is 32.2. The van der Waals surface area contributed by atoms with Crippen LogP contribution in [-0.2, 0) is 11.3 Å². The number of hydrogen-bond donors (Lipinski definition) is 1. The highest BCUT2D eigenvalue weighted by Gasteiger charge is 2.23. The molecule has 1 N–H and O–H groups in total. The molecule has 1 aromatic heterocycles. The minimum atomic E-state index is -0.118. The van der Waals surface area contributed by atoms with Gasteiger partial charge in [-0.2, -0.15) is 0 Å². The number of benzene rings is 1. The number of anilines is 1. The molecule has 1 aliphatic rings. The lowest BCUT2D eigenvalue weighted by Crippen LogP contribution is -2.37. The summed E-state index contributed by atoms with van der Waals surface area (Å²) in [5.41, 5.74) is 1.21. The standard InChI is InChI=1S/C18H24N4OS2/c1-14(16(23)22-11-7-2-3-8-12-22)24-18-21-20-17(25-18)19-13-15-9-5-4-6-10-15/h4-6,9-10,14H,2-3,7-8,11-13H2,1H3,(H,19,20). The third kappa shape index (κ3) is 5.44. The van der Waals surface area contributed by atoms with Gasteiger partial charge in [0.2, 0.25) is 11.0 Å². The maximum Gasteiger partial charge on any atom is 0.235 e. The smallest absolute Gasteiger partial charge is 0.235 e. The minimum Gasteiger partial charge on any atom is -0.356 e. The molecule has 0 saturated carbocycles. The van der Waals surface area contributed by atoms with E-state index in [4.69, 9.17) is 0 Å². The van der Waals surface area contributed by atoms with E-state index in [0.29, 0.717) is 0 Å². The second-order valence-corrected chi connectivity index (χ2v) is 8.78. The highest BCUT2D eigenvalue weighted by Crippen LogP contribution is 2.30. The van der Waals surface area contributed by atoms with Crippen molar-refractivity contribution in [3.63, 3.8) is 0 Å². The molecule has 1 fully saturated rings. The third-order valence-electron chi connectivity index (χ3n) is 4.24. The van der Waals surface area contributed by atoms with Gasteiger partial charge in [0.15, 0.2) is 4.34 Å². The lowest BCUT2D eigenvalue weighted by molar-refractivity contribution is -0.130. The molecule has 1 saturated heterocycles. The molecule has 0 bridgehead atoms. The molecule has 3 rings (SSSR count). The number of aromatic nitrogens is 2. The molecule has 1 atom stereocenters. The number of hydrogen-bond acceptors (Lipinski definition) is 6. The Labute approximate surface area is 157 Å². The van der Waals surface area contributed by atoms with Crippen molar-refractivity contribution in [2.24, 2.45) is 0 Å². The number of thioether (sulfide) groups is 1. The summed E-state index contributed by atoms with van der Waals surface area (Å²) in [6.07, 6.45) is 4.71. The normalized spacial score (nSPS) is 16.3. The van der Waals surface area contributed by atoms with E-state index in [-0.39, 0.29) is 11.2 Å². The van der Waals surface area contributed by atoms with Crippen molar-refractivity contribution in [2.75, 3.05) is 18.4 Å². The van der Waals surface area contributed by atoms with Gasteiger partial charge in [0.05, 0.1) is 5.25 Å². The van der Waals surface area contributed by atoms with Crippen LogP contribution in [0, 0.1) is 0 Å². The molecule has 0 spiro atoms. The van der Waals surface area contributed by atoms with Crippen molar-refractivity contribution in [3.05, 3.63) is 35.9 Å². The zero-order chi connectivity index (χ0) is 17.5. The summed E-state index contributed by atoms with van der Waals surface area (Å²) in [5.74, 6) is 0.223. The van der Waals surface area contributed by atoms with E-state index in [2.05, 4.69) is 27.6 Å². The monoisotopic (exact) mass is 376 g/mol. The van der Waals surface area contributed by atoms with Gasteiger partial charge < -0.3 is 10.2 Å². The molecule has 7 heteroatoms. The third-order valence-corrected chi connectivity index (χ3v) is 6.29. The van der Waals surface area contributed by atoms with Crippen LogP contribution in [0.3, 0.4) is 0 Å². The van der Waals surface area contributed by atoms with Crippen LogP contribution in [0.15, 0.2) is 34.7 Å². The summed E-state index contributed by atoms with van der Waals surface area (Å²) in [5, 5.41) is 12.4. The maximum atomic E-state index is 12.6. The van der Waals surface area contributed by atoms with E-state index in [9.17, 15) is 4.79 Å². The van der Waals surface area contributed by atoms with Gasteiger partial charge in [-0.3, -0.25) is 4.79 Å². The van der Waals surface area contributed by atoms with Gasteiger partial charge in [0.25, 0.3) is 0 Å². The molecule has 0 radical (unpaired) electrons. The van der Waals surface area contributed by atoms with Gasteiger partial charge in [0.1, 0.15) is 0 Å². The van der Waals surface area contributed by atoms with Crippen LogP contribution in [0.4, 0.5) is 5.13 Å². The van der Waals surface area contributed by atoms with Gasteiger partial charge >= 0.3 is 0 Å². The minimum absolute atomic E-state index is 0.118. The van der Waals surface area contributed by atoms with E-state index in [1.807, 2.05) is 30.0 Å². The number of nitrogens with one attached hydrogen (secondary N) is 1. The van der Waals surface area contributed by atoms with Crippen molar-refractivity contribution < 1.29 is 4.79 Å². The summed E-state index contributed by atoms with van der Waals surface area (Å²) in [6.45, 7) is 4.48. The number of amides is 1. The molecule has 134 valence electrons. The summed E-state index contributed by atoms with van der Waals surface area (Å²) in [6, 6.07) is 10.2. The molecular weight excluding hydrogens is 352 g/mol. The predicted molar refractivity (Wildman–Crippen MR) is 104 cm³/mol. The fourth-order valence-corrected chi connectivity index (χ4v) is 4.83. The molecule has 5 nitrogen and oxygen atoms in total. The summed E-state index contributed by atoms with van der Waals surface area (Å²) < 4.78 is 0.839. The predicted octanol–water partition coefficient (Wildman–Crippen LogP) is 4.03. The van der Waals surface area contributed by atoms with Crippen molar-refractivity contribution >= 4 is 34.1 Å². The first-order valence-electron chi connectivity index (χ1n) is 8.79. The van der Waals surface area contributed by atoms with E-state index < -0.39 is 0 Å². The van der Waals surface area contributed by atoms with Crippen molar-refractivity contribution in [1.29, 1.82) is 0 Å². The lowest BCUT2D eigenvalue weighted by Gasteiger charge is -2.23. The van der Waals surface area contributed by atoms with Crippen LogP contribution >= 0.6 is 23.1 Å². The molecule has 1 amide bonds. The Hall–Kier alpha value is -1.60. The molecule has 1 aromatic carbocycles. The SMILES string of the molecule is CC(Sc1nnc(NCc2ccccc2)s1)C(=O)N1CCCCCC1. The zero-order valence-electron chi connectivity index (χ0n) is 14.5. The van der Waals surface area contributed by atoms with Crippen LogP contribution in [0.25, 0.3) is 0 Å². The van der Waals surface area contributed by atoms with Crippen LogP contribution in [0.2, 0.25) is 0 Å². The molecule has 0 aliphatic carbocycles. The van der Waals surface area contributed by atoms with Gasteiger partial charge in [-0.05, 0) is 25.3 Å². The van der Waals surface area contributed by atoms with Gasteiger partial charge in [-0.15, -0.1) is 10.2 Å². The first-order chi connectivity index (χ1) is 12.2. The number of carbonyl (C=O) groups is 1. The average molecular weight is 377 g/mol. The van der Waals surface area contributed by atoms with Gasteiger partial charge in [-0.25, -0.2) is 0 Å². The Bertz CT molecular complexity index is 669. The van der Waals surface area contributed by atoms with Crippen molar-refractivity contribution in [2.45, 2.75) is 48.7 Å². The van der Waals surface area contributed by atoms with E-state index in [1.54, 1.807) is 0 Å². The Morgan fingerprint density at radius 2 is 1.92 bits per heavy atom. The van der Waals surface area contributed by atoms with Crippen LogP contribution in [0.1, 0.15) is 38.2 Å². The van der Waals surface area contributed by atoms with E-state index in [1.165, 1.54) is 41.5 Å². The molecule has 25 heavy (non-hydrogen) atoms. The Morgan fingerprint density at radius 1 is 1.20 bits per heavy atom. The fraction of sp³-hybridized carbons (Fsp3) is 0.500. The zero-order valence-corrected chi connectivity index (χ0v) is 16.1. The molecule has 2 aromatic rings. The fourth-order valence-electron chi connectivity index (χ4n) is 2.85. The van der Waals surface area contributed by atoms with Crippen LogP contribution < -0.4 is 5.32 Å². The summed E-state index contributed by atoms with van der Waals surface area (Å²) in [7, 11) is 0. The van der Waals surface area contributed by atoms with Crippen molar-refractivity contribution in [1.82, 2.24) is 15.1 Å². The maximum absolute atomic E-state index is 12.6. The largest absolute Gasteiger partial charge is 0.356 e.